The van der Waals surface area contributed by atoms with E-state index < -0.39 is 22.5 Å². The summed E-state index contributed by atoms with van der Waals surface area (Å²) in [6.45, 7) is 0.670. The van der Waals surface area contributed by atoms with Gasteiger partial charge < -0.3 is 9.88 Å². The molecule has 1 amide bonds. The third-order valence-electron chi connectivity index (χ3n) is 4.27. The second-order valence-corrected chi connectivity index (χ2v) is 9.13. The molecule has 0 aliphatic rings. The van der Waals surface area contributed by atoms with E-state index in [2.05, 4.69) is 10.3 Å². The number of carbonyl (C=O) groups excluding carboxylic acids is 1. The van der Waals surface area contributed by atoms with Crippen LogP contribution in [0.15, 0.2) is 72.1 Å². The standard InChI is InChI=1S/C20H20Cl2N4O3S/c21-16-7-8-19(18(22)13-16)26(30(28,29)17-5-2-1-3-6-17)14-20(27)24-9-4-11-25-12-10-23-15-25/h1-3,5-8,10,12-13,15H,4,9,11,14H2,(H,24,27). The maximum absolute atomic E-state index is 13.2. The molecular formula is C20H20Cl2N4O3S. The van der Waals surface area contributed by atoms with Crippen LogP contribution in [0.2, 0.25) is 10.0 Å². The van der Waals surface area contributed by atoms with Crippen molar-refractivity contribution in [3.63, 3.8) is 0 Å². The number of anilines is 1. The first kappa shape index (κ1) is 22.1. The van der Waals surface area contributed by atoms with Crippen molar-refractivity contribution in [2.24, 2.45) is 0 Å². The molecule has 1 heterocycles. The number of sulfonamides is 1. The lowest BCUT2D eigenvalue weighted by Crippen LogP contribution is -2.41. The highest BCUT2D eigenvalue weighted by Crippen LogP contribution is 2.32. The average Bonchev–Trinajstić information content (AvgIpc) is 3.24. The Morgan fingerprint density at radius 3 is 2.57 bits per heavy atom. The van der Waals surface area contributed by atoms with E-state index in [-0.39, 0.29) is 15.6 Å². The van der Waals surface area contributed by atoms with Gasteiger partial charge in [0.25, 0.3) is 10.0 Å². The number of nitrogens with zero attached hydrogens (tertiary/aromatic N) is 3. The van der Waals surface area contributed by atoms with E-state index in [1.807, 2.05) is 10.8 Å². The van der Waals surface area contributed by atoms with Crippen LogP contribution in [0.25, 0.3) is 0 Å². The zero-order valence-corrected chi connectivity index (χ0v) is 18.2. The summed E-state index contributed by atoms with van der Waals surface area (Å²) >= 11 is 12.2. The second-order valence-electron chi connectivity index (χ2n) is 6.42. The lowest BCUT2D eigenvalue weighted by atomic mass is 10.3. The van der Waals surface area contributed by atoms with Crippen LogP contribution in [0.4, 0.5) is 5.69 Å². The van der Waals surface area contributed by atoms with Crippen molar-refractivity contribution in [2.45, 2.75) is 17.9 Å². The van der Waals surface area contributed by atoms with E-state index in [1.54, 1.807) is 30.7 Å². The molecule has 3 aromatic rings. The molecular weight excluding hydrogens is 447 g/mol. The number of halogens is 2. The van der Waals surface area contributed by atoms with E-state index in [4.69, 9.17) is 23.2 Å². The van der Waals surface area contributed by atoms with Gasteiger partial charge in [-0.1, -0.05) is 41.4 Å². The van der Waals surface area contributed by atoms with Gasteiger partial charge in [0, 0.05) is 30.5 Å². The van der Waals surface area contributed by atoms with Crippen molar-refractivity contribution in [3.05, 3.63) is 77.3 Å². The summed E-state index contributed by atoms with van der Waals surface area (Å²) in [6.07, 6.45) is 5.88. The quantitative estimate of drug-likeness (QED) is 0.488. The number of rotatable bonds is 9. The molecule has 0 saturated carbocycles. The van der Waals surface area contributed by atoms with Gasteiger partial charge in [-0.05, 0) is 36.8 Å². The molecule has 158 valence electrons. The maximum atomic E-state index is 13.2. The van der Waals surface area contributed by atoms with Crippen molar-refractivity contribution >= 4 is 44.8 Å². The van der Waals surface area contributed by atoms with Gasteiger partial charge >= 0.3 is 0 Å². The Balaban J connectivity index is 1.76. The molecule has 0 unspecified atom stereocenters. The Morgan fingerprint density at radius 1 is 1.13 bits per heavy atom. The molecule has 0 spiro atoms. The molecule has 0 bridgehead atoms. The van der Waals surface area contributed by atoms with E-state index in [0.29, 0.717) is 24.5 Å². The van der Waals surface area contributed by atoms with Gasteiger partial charge in [-0.2, -0.15) is 0 Å². The van der Waals surface area contributed by atoms with Crippen molar-refractivity contribution in [1.82, 2.24) is 14.9 Å². The van der Waals surface area contributed by atoms with E-state index in [9.17, 15) is 13.2 Å². The fourth-order valence-corrected chi connectivity index (χ4v) is 4.82. The number of hydrogen-bond acceptors (Lipinski definition) is 4. The van der Waals surface area contributed by atoms with Crippen LogP contribution in [-0.4, -0.2) is 37.0 Å². The van der Waals surface area contributed by atoms with Crippen molar-refractivity contribution in [1.29, 1.82) is 0 Å². The number of amides is 1. The number of benzene rings is 2. The fourth-order valence-electron chi connectivity index (χ4n) is 2.80. The van der Waals surface area contributed by atoms with Crippen LogP contribution in [0.5, 0.6) is 0 Å². The normalized spacial score (nSPS) is 11.3. The van der Waals surface area contributed by atoms with Gasteiger partial charge in [0.1, 0.15) is 6.54 Å². The monoisotopic (exact) mass is 466 g/mol. The Bertz CT molecular complexity index is 1090. The molecule has 10 heteroatoms. The Hall–Kier alpha value is -2.55. The van der Waals surface area contributed by atoms with Crippen LogP contribution in [0.1, 0.15) is 6.42 Å². The SMILES string of the molecule is O=C(CN(c1ccc(Cl)cc1Cl)S(=O)(=O)c1ccccc1)NCCCn1ccnc1. The fraction of sp³-hybridized carbons (Fsp3) is 0.200. The number of aromatic nitrogens is 2. The Morgan fingerprint density at radius 2 is 1.90 bits per heavy atom. The summed E-state index contributed by atoms with van der Waals surface area (Å²) in [5.74, 6) is -0.439. The molecule has 0 fully saturated rings. The Labute approximate surface area is 185 Å². The maximum Gasteiger partial charge on any atom is 0.264 e. The molecule has 1 N–H and O–H groups in total. The first-order chi connectivity index (χ1) is 14.4. The van der Waals surface area contributed by atoms with Crippen LogP contribution >= 0.6 is 23.2 Å². The minimum atomic E-state index is -4.02. The number of aryl methyl sites for hydroxylation is 1. The molecule has 0 aliphatic carbocycles. The highest BCUT2D eigenvalue weighted by Gasteiger charge is 2.28. The van der Waals surface area contributed by atoms with Gasteiger partial charge in [0.15, 0.2) is 0 Å². The smallest absolute Gasteiger partial charge is 0.264 e. The van der Waals surface area contributed by atoms with Crippen LogP contribution in [0.3, 0.4) is 0 Å². The van der Waals surface area contributed by atoms with E-state index >= 15 is 0 Å². The predicted molar refractivity (Wildman–Crippen MR) is 117 cm³/mol. The number of hydrogen-bond donors (Lipinski definition) is 1. The van der Waals surface area contributed by atoms with Crippen molar-refractivity contribution < 1.29 is 13.2 Å². The zero-order valence-electron chi connectivity index (χ0n) is 15.9. The average molecular weight is 467 g/mol. The summed E-state index contributed by atoms with van der Waals surface area (Å²) in [6, 6.07) is 12.3. The van der Waals surface area contributed by atoms with Gasteiger partial charge in [-0.25, -0.2) is 13.4 Å². The molecule has 7 nitrogen and oxygen atoms in total. The topological polar surface area (TPSA) is 84.3 Å². The summed E-state index contributed by atoms with van der Waals surface area (Å²) in [5.41, 5.74) is 0.179. The lowest BCUT2D eigenvalue weighted by molar-refractivity contribution is -0.119. The first-order valence-corrected chi connectivity index (χ1v) is 11.3. The molecule has 0 radical (unpaired) electrons. The van der Waals surface area contributed by atoms with Gasteiger partial charge in [0.2, 0.25) is 5.91 Å². The minimum absolute atomic E-state index is 0.0592. The summed E-state index contributed by atoms with van der Waals surface area (Å²) in [5, 5.41) is 3.25. The third-order valence-corrected chi connectivity index (χ3v) is 6.58. The number of imidazole rings is 1. The molecule has 3 rings (SSSR count). The number of nitrogens with one attached hydrogen (secondary N) is 1. The van der Waals surface area contributed by atoms with Crippen LogP contribution < -0.4 is 9.62 Å². The van der Waals surface area contributed by atoms with Gasteiger partial charge in [-0.3, -0.25) is 9.10 Å². The third kappa shape index (κ3) is 5.53. The first-order valence-electron chi connectivity index (χ1n) is 9.13. The molecule has 0 saturated heterocycles. The van der Waals surface area contributed by atoms with Gasteiger partial charge in [0.05, 0.1) is 21.9 Å². The minimum Gasteiger partial charge on any atom is -0.354 e. The molecule has 1 aromatic heterocycles. The number of carbonyl (C=O) groups is 1. The highest BCUT2D eigenvalue weighted by atomic mass is 35.5. The summed E-state index contributed by atoms with van der Waals surface area (Å²) in [4.78, 5) is 16.6. The molecule has 2 aromatic carbocycles. The largest absolute Gasteiger partial charge is 0.354 e. The second kappa shape index (κ2) is 9.97. The van der Waals surface area contributed by atoms with Crippen molar-refractivity contribution in [3.8, 4) is 0 Å². The summed E-state index contributed by atoms with van der Waals surface area (Å²) in [7, 11) is -4.02. The van der Waals surface area contributed by atoms with E-state index in [1.165, 1.54) is 30.3 Å². The predicted octanol–water partition coefficient (Wildman–Crippen LogP) is 3.59. The molecule has 0 aliphatic heterocycles. The highest BCUT2D eigenvalue weighted by molar-refractivity contribution is 7.92. The zero-order chi connectivity index (χ0) is 21.6. The molecule has 0 atom stereocenters. The lowest BCUT2D eigenvalue weighted by Gasteiger charge is -2.25. The molecule has 30 heavy (non-hydrogen) atoms. The van der Waals surface area contributed by atoms with Crippen LogP contribution in [-0.2, 0) is 21.4 Å². The van der Waals surface area contributed by atoms with Crippen LogP contribution in [0, 0.1) is 0 Å². The van der Waals surface area contributed by atoms with E-state index in [0.717, 1.165) is 4.31 Å². The van der Waals surface area contributed by atoms with Crippen molar-refractivity contribution in [2.75, 3.05) is 17.4 Å². The summed E-state index contributed by atoms with van der Waals surface area (Å²) < 4.78 is 29.4. The van der Waals surface area contributed by atoms with Gasteiger partial charge in [-0.15, -0.1) is 0 Å². The Kier molecular flexibility index (Phi) is 7.36.